The standard InChI is InChI=1S/C39H37N3O4S/c1-39(2,3)35-18-17-34(47-35)33(43)20-30(37(44)42-23-32(24-42)38(45)46)19-25-9-11-29(12-10-25)36-40-21-31(22-41-36)28-15-13-27(14-16-28)26-7-5-4-6-8-26/h4-18,21-22,30,32H,19-20,23-24H2,1-3H3,(H,45,46)/t30-/m1/s1. The number of ketones is 1. The number of aromatic nitrogens is 2. The Balaban J connectivity index is 1.14. The van der Waals surface area contributed by atoms with Crippen LogP contribution in [0.3, 0.4) is 0 Å². The molecule has 8 heteroatoms. The van der Waals surface area contributed by atoms with E-state index in [0.717, 1.165) is 32.7 Å². The summed E-state index contributed by atoms with van der Waals surface area (Å²) >= 11 is 1.47. The van der Waals surface area contributed by atoms with Gasteiger partial charge in [-0.3, -0.25) is 14.4 Å². The molecule has 1 aliphatic heterocycles. The molecule has 0 saturated carbocycles. The largest absolute Gasteiger partial charge is 0.481 e. The highest BCUT2D eigenvalue weighted by Gasteiger charge is 2.39. The van der Waals surface area contributed by atoms with E-state index >= 15 is 0 Å². The molecule has 1 amide bonds. The molecule has 1 saturated heterocycles. The molecule has 0 bridgehead atoms. The van der Waals surface area contributed by atoms with Crippen LogP contribution >= 0.6 is 11.3 Å². The van der Waals surface area contributed by atoms with Crippen LogP contribution in [0.4, 0.5) is 0 Å². The average molecular weight is 644 g/mol. The Bertz CT molecular complexity index is 1870. The summed E-state index contributed by atoms with van der Waals surface area (Å²) in [7, 11) is 0. The molecule has 0 unspecified atom stereocenters. The first-order valence-corrected chi connectivity index (χ1v) is 16.6. The van der Waals surface area contributed by atoms with Crippen LogP contribution in [0.1, 0.15) is 47.3 Å². The summed E-state index contributed by atoms with van der Waals surface area (Å²) in [6.45, 7) is 6.67. The third kappa shape index (κ3) is 7.39. The zero-order valence-corrected chi connectivity index (χ0v) is 27.5. The van der Waals surface area contributed by atoms with Crippen LogP contribution in [0, 0.1) is 11.8 Å². The van der Waals surface area contributed by atoms with Gasteiger partial charge < -0.3 is 10.0 Å². The second-order valence-electron chi connectivity index (χ2n) is 13.2. The minimum Gasteiger partial charge on any atom is -0.481 e. The Morgan fingerprint density at radius 2 is 1.36 bits per heavy atom. The monoisotopic (exact) mass is 643 g/mol. The molecular weight excluding hydrogens is 607 g/mol. The number of amides is 1. The van der Waals surface area contributed by atoms with E-state index in [4.69, 9.17) is 0 Å². The van der Waals surface area contributed by atoms with Crippen LogP contribution in [0.15, 0.2) is 103 Å². The Labute approximate surface area is 279 Å². The van der Waals surface area contributed by atoms with Crippen molar-refractivity contribution in [3.63, 3.8) is 0 Å². The van der Waals surface area contributed by atoms with Crippen molar-refractivity contribution in [2.24, 2.45) is 11.8 Å². The fraction of sp³-hybridized carbons (Fsp3) is 0.256. The quantitative estimate of drug-likeness (QED) is 0.156. The number of aliphatic carboxylic acids is 1. The summed E-state index contributed by atoms with van der Waals surface area (Å²) < 4.78 is 0. The van der Waals surface area contributed by atoms with Gasteiger partial charge in [-0.25, -0.2) is 9.97 Å². The van der Waals surface area contributed by atoms with Crippen molar-refractivity contribution >= 4 is 29.0 Å². The predicted octanol–water partition coefficient (Wildman–Crippen LogP) is 7.81. The number of Topliss-reactive ketones (excluding diaryl/α,β-unsaturated/α-hetero) is 1. The molecule has 0 spiro atoms. The molecule has 1 fully saturated rings. The first-order valence-electron chi connectivity index (χ1n) is 15.8. The first kappa shape index (κ1) is 32.0. The lowest BCUT2D eigenvalue weighted by atomic mass is 9.89. The van der Waals surface area contributed by atoms with Crippen LogP contribution < -0.4 is 0 Å². The molecular formula is C39H37N3O4S. The molecule has 5 aromatic rings. The lowest BCUT2D eigenvalue weighted by molar-refractivity contribution is -0.154. The zero-order valence-electron chi connectivity index (χ0n) is 26.7. The number of nitrogens with zero attached hydrogens (tertiary/aromatic N) is 3. The van der Waals surface area contributed by atoms with Crippen LogP contribution in [-0.4, -0.2) is 50.7 Å². The van der Waals surface area contributed by atoms with Gasteiger partial charge in [-0.1, -0.05) is 99.6 Å². The maximum absolute atomic E-state index is 13.5. The first-order chi connectivity index (χ1) is 22.5. The number of carboxylic acid groups (broad SMARTS) is 1. The van der Waals surface area contributed by atoms with E-state index in [1.165, 1.54) is 16.9 Å². The van der Waals surface area contributed by atoms with Crippen molar-refractivity contribution < 1.29 is 19.5 Å². The minimum absolute atomic E-state index is 0.0653. The lowest BCUT2D eigenvalue weighted by Crippen LogP contribution is -2.55. The molecule has 6 rings (SSSR count). The third-order valence-electron chi connectivity index (χ3n) is 8.61. The number of rotatable bonds is 10. The minimum atomic E-state index is -0.901. The molecule has 3 heterocycles. The van der Waals surface area contributed by atoms with E-state index in [1.807, 2.05) is 67.0 Å². The summed E-state index contributed by atoms with van der Waals surface area (Å²) in [4.78, 5) is 50.8. The fourth-order valence-electron chi connectivity index (χ4n) is 5.72. The van der Waals surface area contributed by atoms with E-state index in [1.54, 1.807) is 4.90 Å². The molecule has 2 aromatic heterocycles. The van der Waals surface area contributed by atoms with Gasteiger partial charge >= 0.3 is 5.97 Å². The van der Waals surface area contributed by atoms with Crippen molar-refractivity contribution in [2.75, 3.05) is 13.1 Å². The van der Waals surface area contributed by atoms with Crippen molar-refractivity contribution in [1.82, 2.24) is 14.9 Å². The van der Waals surface area contributed by atoms with Gasteiger partial charge in [-0.15, -0.1) is 11.3 Å². The molecule has 1 atom stereocenters. The lowest BCUT2D eigenvalue weighted by Gasteiger charge is -2.38. The van der Waals surface area contributed by atoms with Gasteiger partial charge in [0.2, 0.25) is 5.91 Å². The summed E-state index contributed by atoms with van der Waals surface area (Å²) in [6.07, 6.45) is 4.08. The number of likely N-dealkylation sites (tertiary alicyclic amines) is 1. The van der Waals surface area contributed by atoms with Gasteiger partial charge in [-0.2, -0.15) is 0 Å². The van der Waals surface area contributed by atoms with Gasteiger partial charge in [0.05, 0.1) is 10.8 Å². The van der Waals surface area contributed by atoms with Crippen molar-refractivity contribution in [1.29, 1.82) is 0 Å². The Morgan fingerprint density at radius 1 is 0.787 bits per heavy atom. The molecule has 3 aromatic carbocycles. The normalized spacial score (nSPS) is 14.0. The molecule has 7 nitrogen and oxygen atoms in total. The highest BCUT2D eigenvalue weighted by molar-refractivity contribution is 7.14. The van der Waals surface area contributed by atoms with Gasteiger partial charge in [-0.05, 0) is 46.2 Å². The van der Waals surface area contributed by atoms with E-state index in [2.05, 4.69) is 67.1 Å². The van der Waals surface area contributed by atoms with E-state index in [9.17, 15) is 19.5 Å². The SMILES string of the molecule is CC(C)(C)c1ccc(C(=O)C[C@@H](Cc2ccc(-c3ncc(-c4ccc(-c5ccccc5)cc4)cn3)cc2)C(=O)N2CC(C(=O)O)C2)s1. The Kier molecular flexibility index (Phi) is 9.14. The number of hydrogen-bond donors (Lipinski definition) is 1. The van der Waals surface area contributed by atoms with Crippen molar-refractivity contribution in [3.05, 3.63) is 119 Å². The summed E-state index contributed by atoms with van der Waals surface area (Å²) in [5.41, 5.74) is 5.96. The van der Waals surface area contributed by atoms with Crippen LogP contribution in [0.25, 0.3) is 33.6 Å². The number of carboxylic acids is 1. The summed E-state index contributed by atoms with van der Waals surface area (Å²) in [5, 5.41) is 9.31. The smallest absolute Gasteiger partial charge is 0.310 e. The number of benzene rings is 3. The van der Waals surface area contributed by atoms with Gasteiger partial charge in [0, 0.05) is 53.8 Å². The molecule has 1 N–H and O–H groups in total. The second kappa shape index (κ2) is 13.4. The van der Waals surface area contributed by atoms with E-state index in [-0.39, 0.29) is 36.6 Å². The highest BCUT2D eigenvalue weighted by Crippen LogP contribution is 2.32. The molecule has 0 aliphatic carbocycles. The summed E-state index contributed by atoms with van der Waals surface area (Å²) in [5.74, 6) is -1.70. The fourth-order valence-corrected chi connectivity index (χ4v) is 6.73. The van der Waals surface area contributed by atoms with Crippen molar-refractivity contribution in [2.45, 2.75) is 39.0 Å². The van der Waals surface area contributed by atoms with Gasteiger partial charge in [0.15, 0.2) is 11.6 Å². The number of hydrogen-bond acceptors (Lipinski definition) is 6. The molecule has 47 heavy (non-hydrogen) atoms. The third-order valence-corrected chi connectivity index (χ3v) is 10.2. The highest BCUT2D eigenvalue weighted by atomic mass is 32.1. The second-order valence-corrected chi connectivity index (χ2v) is 14.2. The van der Waals surface area contributed by atoms with Gasteiger partial charge in [0.1, 0.15) is 0 Å². The average Bonchev–Trinajstić information content (AvgIpc) is 3.56. The number of carbonyl (C=O) groups excluding carboxylic acids is 2. The van der Waals surface area contributed by atoms with E-state index in [0.29, 0.717) is 17.1 Å². The van der Waals surface area contributed by atoms with E-state index < -0.39 is 17.8 Å². The Morgan fingerprint density at radius 3 is 1.94 bits per heavy atom. The predicted molar refractivity (Wildman–Crippen MR) is 185 cm³/mol. The van der Waals surface area contributed by atoms with Crippen LogP contribution in [-0.2, 0) is 21.4 Å². The van der Waals surface area contributed by atoms with Crippen LogP contribution in [0.5, 0.6) is 0 Å². The van der Waals surface area contributed by atoms with Crippen molar-refractivity contribution in [3.8, 4) is 33.6 Å². The molecule has 0 radical (unpaired) electrons. The topological polar surface area (TPSA) is 100 Å². The zero-order chi connectivity index (χ0) is 33.1. The number of carbonyl (C=O) groups is 3. The number of thiophene rings is 1. The van der Waals surface area contributed by atoms with Crippen LogP contribution in [0.2, 0.25) is 0 Å². The maximum Gasteiger partial charge on any atom is 0.310 e. The maximum atomic E-state index is 13.5. The van der Waals surface area contributed by atoms with Gasteiger partial charge in [0.25, 0.3) is 0 Å². The summed E-state index contributed by atoms with van der Waals surface area (Å²) in [6, 6.07) is 30.2. The molecule has 238 valence electrons. The Hall–Kier alpha value is -4.95. The molecule has 1 aliphatic rings.